The summed E-state index contributed by atoms with van der Waals surface area (Å²) in [5.41, 5.74) is 1.33. The third-order valence-corrected chi connectivity index (χ3v) is 5.69. The van der Waals surface area contributed by atoms with Crippen LogP contribution in [0.25, 0.3) is 0 Å². The summed E-state index contributed by atoms with van der Waals surface area (Å²) in [4.78, 5) is 14.9. The molecule has 0 saturated carbocycles. The summed E-state index contributed by atoms with van der Waals surface area (Å²) in [6.45, 7) is 14.5. The first-order valence-electron chi connectivity index (χ1n) is 9.30. The number of nitrogens with one attached hydrogen (secondary N) is 1. The van der Waals surface area contributed by atoms with Crippen LogP contribution in [0.4, 0.5) is 0 Å². The van der Waals surface area contributed by atoms with Gasteiger partial charge in [-0.2, -0.15) is 0 Å². The molecule has 1 aromatic heterocycles. The van der Waals surface area contributed by atoms with Gasteiger partial charge in [-0.1, -0.05) is 32.9 Å². The predicted molar refractivity (Wildman–Crippen MR) is 98.3 cm³/mol. The summed E-state index contributed by atoms with van der Waals surface area (Å²) in [7, 11) is 2.17. The van der Waals surface area contributed by atoms with Crippen molar-refractivity contribution in [1.29, 1.82) is 0 Å². The molecule has 5 nitrogen and oxygen atoms in total. The molecule has 1 atom stereocenters. The van der Waals surface area contributed by atoms with Gasteiger partial charge in [-0.25, -0.2) is 0 Å². The molecule has 0 bridgehead atoms. The van der Waals surface area contributed by atoms with Gasteiger partial charge in [0.1, 0.15) is 5.76 Å². The van der Waals surface area contributed by atoms with Crippen molar-refractivity contribution in [3.8, 4) is 0 Å². The summed E-state index contributed by atoms with van der Waals surface area (Å²) < 4.78 is 5.25. The first-order valence-corrected chi connectivity index (χ1v) is 9.30. The Labute approximate surface area is 147 Å². The zero-order valence-electron chi connectivity index (χ0n) is 16.5. The number of nitrogens with zero attached hydrogens (tertiary/aromatic N) is 2. The molecular formula is C19H35N3O2. The van der Waals surface area contributed by atoms with Crippen LogP contribution in [0.1, 0.15) is 75.7 Å². The van der Waals surface area contributed by atoms with Gasteiger partial charge >= 0.3 is 0 Å². The number of aryl methyl sites for hydroxylation is 1. The number of carbonyl (C=O) groups excluding carboxylic acids is 1. The van der Waals surface area contributed by atoms with Crippen LogP contribution in [-0.4, -0.2) is 42.1 Å². The van der Waals surface area contributed by atoms with E-state index in [-0.39, 0.29) is 11.3 Å². The van der Waals surface area contributed by atoms with E-state index in [0.717, 1.165) is 43.6 Å². The molecule has 0 spiro atoms. The lowest BCUT2D eigenvalue weighted by atomic mass is 9.75. The summed E-state index contributed by atoms with van der Waals surface area (Å²) in [6, 6.07) is 0.400. The Morgan fingerprint density at radius 3 is 2.38 bits per heavy atom. The molecular weight excluding hydrogens is 302 g/mol. The van der Waals surface area contributed by atoms with Crippen LogP contribution in [0, 0.1) is 12.3 Å². The van der Waals surface area contributed by atoms with Crippen molar-refractivity contribution >= 4 is 5.91 Å². The molecule has 138 valence electrons. The van der Waals surface area contributed by atoms with Gasteiger partial charge in [0.15, 0.2) is 5.69 Å². The van der Waals surface area contributed by atoms with Gasteiger partial charge in [0.25, 0.3) is 5.91 Å². The van der Waals surface area contributed by atoms with E-state index < -0.39 is 0 Å². The average molecular weight is 338 g/mol. The van der Waals surface area contributed by atoms with Crippen LogP contribution in [0.5, 0.6) is 0 Å². The summed E-state index contributed by atoms with van der Waals surface area (Å²) in [5.74, 6) is 0.654. The van der Waals surface area contributed by atoms with E-state index in [4.69, 9.17) is 4.52 Å². The molecule has 1 rings (SSSR count). The van der Waals surface area contributed by atoms with E-state index in [2.05, 4.69) is 50.1 Å². The molecule has 0 saturated heterocycles. The van der Waals surface area contributed by atoms with E-state index in [1.54, 1.807) is 0 Å². The Morgan fingerprint density at radius 1 is 1.29 bits per heavy atom. The van der Waals surface area contributed by atoms with Gasteiger partial charge in [0.05, 0.1) is 0 Å². The van der Waals surface area contributed by atoms with E-state index in [1.165, 1.54) is 0 Å². The first kappa shape index (κ1) is 20.7. The normalized spacial score (nSPS) is 13.3. The van der Waals surface area contributed by atoms with Crippen LogP contribution in [0.3, 0.4) is 0 Å². The highest BCUT2D eigenvalue weighted by Gasteiger charge is 2.35. The van der Waals surface area contributed by atoms with Crippen molar-refractivity contribution in [1.82, 2.24) is 15.4 Å². The fraction of sp³-hybridized carbons (Fsp3) is 0.789. The minimum Gasteiger partial charge on any atom is -0.360 e. The van der Waals surface area contributed by atoms with Gasteiger partial charge in [-0.15, -0.1) is 0 Å². The molecule has 5 heteroatoms. The molecule has 1 amide bonds. The van der Waals surface area contributed by atoms with E-state index in [9.17, 15) is 4.79 Å². The van der Waals surface area contributed by atoms with E-state index in [1.807, 2.05) is 13.8 Å². The molecule has 0 aromatic carbocycles. The number of hydrogen-bond acceptors (Lipinski definition) is 4. The quantitative estimate of drug-likeness (QED) is 0.705. The van der Waals surface area contributed by atoms with Crippen molar-refractivity contribution in [3.63, 3.8) is 0 Å². The second-order valence-electron chi connectivity index (χ2n) is 6.84. The number of aromatic nitrogens is 1. The second kappa shape index (κ2) is 9.21. The average Bonchev–Trinajstić information content (AvgIpc) is 2.96. The number of amides is 1. The van der Waals surface area contributed by atoms with E-state index in [0.29, 0.717) is 18.3 Å². The lowest BCUT2D eigenvalue weighted by Gasteiger charge is -2.42. The van der Waals surface area contributed by atoms with Crippen LogP contribution in [-0.2, 0) is 6.42 Å². The molecule has 0 aliphatic rings. The zero-order chi connectivity index (χ0) is 18.3. The van der Waals surface area contributed by atoms with Crippen molar-refractivity contribution in [2.24, 2.45) is 5.41 Å². The Kier molecular flexibility index (Phi) is 7.94. The minimum atomic E-state index is -0.132. The maximum atomic E-state index is 12.5. The molecule has 1 N–H and O–H groups in total. The van der Waals surface area contributed by atoms with Gasteiger partial charge < -0.3 is 14.7 Å². The molecule has 0 radical (unpaired) electrons. The molecule has 0 aliphatic heterocycles. The molecule has 1 heterocycles. The standard InChI is InChI=1S/C19H35N3O2/c1-8-12-22(7)15(6)19(10-3,11-4)13-20-18(23)17-14(5)16(9-2)24-21-17/h15H,8-13H2,1-7H3,(H,20,23). The fourth-order valence-corrected chi connectivity index (χ4v) is 3.50. The van der Waals surface area contributed by atoms with Gasteiger partial charge in [-0.05, 0) is 46.7 Å². The monoisotopic (exact) mass is 337 g/mol. The molecule has 24 heavy (non-hydrogen) atoms. The maximum absolute atomic E-state index is 12.5. The SMILES string of the molecule is CCCN(C)C(C)C(CC)(CC)CNC(=O)c1noc(CC)c1C. The lowest BCUT2D eigenvalue weighted by Crippen LogP contribution is -2.50. The molecule has 0 fully saturated rings. The lowest BCUT2D eigenvalue weighted by molar-refractivity contribution is 0.0726. The Morgan fingerprint density at radius 2 is 1.92 bits per heavy atom. The van der Waals surface area contributed by atoms with Crippen LogP contribution in [0.2, 0.25) is 0 Å². The topological polar surface area (TPSA) is 58.4 Å². The fourth-order valence-electron chi connectivity index (χ4n) is 3.50. The Bertz CT molecular complexity index is 521. The van der Waals surface area contributed by atoms with Crippen LogP contribution in [0.15, 0.2) is 4.52 Å². The first-order chi connectivity index (χ1) is 11.4. The van der Waals surface area contributed by atoms with Crippen molar-refractivity contribution < 1.29 is 9.32 Å². The zero-order valence-corrected chi connectivity index (χ0v) is 16.5. The smallest absolute Gasteiger partial charge is 0.273 e. The number of carbonyl (C=O) groups is 1. The number of rotatable bonds is 10. The molecule has 1 aromatic rings. The third-order valence-electron chi connectivity index (χ3n) is 5.69. The Hall–Kier alpha value is -1.36. The van der Waals surface area contributed by atoms with Crippen molar-refractivity contribution in [3.05, 3.63) is 17.0 Å². The highest BCUT2D eigenvalue weighted by molar-refractivity contribution is 5.93. The maximum Gasteiger partial charge on any atom is 0.273 e. The molecule has 1 unspecified atom stereocenters. The van der Waals surface area contributed by atoms with E-state index >= 15 is 0 Å². The van der Waals surface area contributed by atoms with Crippen molar-refractivity contribution in [2.45, 2.75) is 73.3 Å². The second-order valence-corrected chi connectivity index (χ2v) is 6.84. The summed E-state index contributed by atoms with van der Waals surface area (Å²) in [5, 5.41) is 7.06. The van der Waals surface area contributed by atoms with Crippen LogP contribution >= 0.6 is 0 Å². The third kappa shape index (κ3) is 4.38. The summed E-state index contributed by atoms with van der Waals surface area (Å²) in [6.07, 6.45) is 3.93. The highest BCUT2D eigenvalue weighted by atomic mass is 16.5. The highest BCUT2D eigenvalue weighted by Crippen LogP contribution is 2.33. The van der Waals surface area contributed by atoms with Crippen LogP contribution < -0.4 is 5.32 Å². The van der Waals surface area contributed by atoms with Gasteiger partial charge in [0.2, 0.25) is 0 Å². The number of hydrogen-bond donors (Lipinski definition) is 1. The minimum absolute atomic E-state index is 0.0603. The largest absolute Gasteiger partial charge is 0.360 e. The van der Waals surface area contributed by atoms with Crippen molar-refractivity contribution in [2.75, 3.05) is 20.1 Å². The molecule has 0 aliphatic carbocycles. The summed E-state index contributed by atoms with van der Waals surface area (Å²) >= 11 is 0. The Balaban J connectivity index is 2.85. The predicted octanol–water partition coefficient (Wildman–Crippen LogP) is 3.81. The van der Waals surface area contributed by atoms with Gasteiger partial charge in [-0.3, -0.25) is 4.79 Å². The van der Waals surface area contributed by atoms with Gasteiger partial charge in [0, 0.05) is 30.0 Å².